The van der Waals surface area contributed by atoms with E-state index in [1.807, 2.05) is 48.3 Å². The summed E-state index contributed by atoms with van der Waals surface area (Å²) in [6, 6.07) is 18.7. The van der Waals surface area contributed by atoms with Gasteiger partial charge in [0.15, 0.2) is 0 Å². The summed E-state index contributed by atoms with van der Waals surface area (Å²) in [4.78, 5) is 42.9. The zero-order valence-corrected chi connectivity index (χ0v) is 21.7. The number of benzene rings is 3. The molecule has 9 heteroatoms. The van der Waals surface area contributed by atoms with Crippen molar-refractivity contribution >= 4 is 28.4 Å². The Labute approximate surface area is 224 Å². The summed E-state index contributed by atoms with van der Waals surface area (Å²) in [6.45, 7) is 0.899. The highest BCUT2D eigenvalue weighted by Crippen LogP contribution is 2.31. The van der Waals surface area contributed by atoms with Crippen molar-refractivity contribution in [1.82, 2.24) is 14.8 Å². The maximum atomic E-state index is 13.6. The molecule has 0 radical (unpaired) electrons. The van der Waals surface area contributed by atoms with Gasteiger partial charge in [-0.1, -0.05) is 42.5 Å². The van der Waals surface area contributed by atoms with E-state index >= 15 is 0 Å². The Hall–Kier alpha value is -4.34. The van der Waals surface area contributed by atoms with Crippen LogP contribution in [-0.2, 0) is 24.4 Å². The predicted octanol–water partition coefficient (Wildman–Crippen LogP) is 3.21. The molecule has 39 heavy (non-hydrogen) atoms. The number of pyridine rings is 1. The van der Waals surface area contributed by atoms with E-state index in [9.17, 15) is 23.9 Å². The van der Waals surface area contributed by atoms with Crippen LogP contribution in [0.5, 0.6) is 0 Å². The summed E-state index contributed by atoms with van der Waals surface area (Å²) in [5.74, 6) is -1.12. The highest BCUT2D eigenvalue weighted by atomic mass is 19.1. The molecule has 2 amide bonds. The average molecular weight is 529 g/mol. The van der Waals surface area contributed by atoms with Crippen molar-refractivity contribution in [2.75, 3.05) is 25.5 Å². The Morgan fingerprint density at radius 3 is 2.51 bits per heavy atom. The maximum Gasteiger partial charge on any atom is 0.257 e. The topological polar surface area (TPSA) is 94.9 Å². The molecule has 0 unspecified atom stereocenters. The molecule has 5 rings (SSSR count). The van der Waals surface area contributed by atoms with Crippen molar-refractivity contribution in [2.24, 2.45) is 0 Å². The fourth-order valence-electron chi connectivity index (χ4n) is 4.93. The van der Waals surface area contributed by atoms with Gasteiger partial charge in [0.25, 0.3) is 5.91 Å². The number of aromatic nitrogens is 1. The largest absolute Gasteiger partial charge is 0.387 e. The van der Waals surface area contributed by atoms with Crippen LogP contribution < -0.4 is 15.6 Å². The predicted molar refractivity (Wildman–Crippen MR) is 147 cm³/mol. The minimum absolute atomic E-state index is 0.00103. The lowest BCUT2D eigenvalue weighted by Gasteiger charge is -2.29. The first-order valence-corrected chi connectivity index (χ1v) is 12.6. The van der Waals surface area contributed by atoms with Gasteiger partial charge in [-0.05, 0) is 48.0 Å². The number of hydrogen-bond acceptors (Lipinski definition) is 5. The number of halogens is 1. The van der Waals surface area contributed by atoms with Gasteiger partial charge in [-0.3, -0.25) is 19.3 Å². The minimum Gasteiger partial charge on any atom is -0.387 e. The van der Waals surface area contributed by atoms with Gasteiger partial charge in [0.1, 0.15) is 17.9 Å². The highest BCUT2D eigenvalue weighted by molar-refractivity contribution is 6.07. The molecule has 0 spiro atoms. The molecule has 8 nitrogen and oxygen atoms in total. The fraction of sp³-hybridized carbons (Fsp3) is 0.233. The lowest BCUT2D eigenvalue weighted by molar-refractivity contribution is -0.119. The number of anilines is 1. The Balaban J connectivity index is 1.46. The molecular weight excluding hydrogens is 499 g/mol. The van der Waals surface area contributed by atoms with Gasteiger partial charge in [-0.15, -0.1) is 0 Å². The number of aliphatic hydroxyl groups is 1. The van der Waals surface area contributed by atoms with Gasteiger partial charge >= 0.3 is 0 Å². The second-order valence-corrected chi connectivity index (χ2v) is 9.90. The molecule has 0 fully saturated rings. The smallest absolute Gasteiger partial charge is 0.257 e. The second-order valence-electron chi connectivity index (χ2n) is 9.90. The van der Waals surface area contributed by atoms with Crippen LogP contribution in [0.15, 0.2) is 77.7 Å². The number of hydrogen-bond donors (Lipinski definition) is 2. The number of nitrogens with zero attached hydrogens (tertiary/aromatic N) is 3. The van der Waals surface area contributed by atoms with Crippen LogP contribution in [0, 0.1) is 5.82 Å². The molecule has 0 aliphatic carbocycles. The third kappa shape index (κ3) is 5.45. The zero-order valence-electron chi connectivity index (χ0n) is 21.7. The molecule has 4 aromatic rings. The third-order valence-corrected chi connectivity index (χ3v) is 6.98. The van der Waals surface area contributed by atoms with Gasteiger partial charge < -0.3 is 19.9 Å². The van der Waals surface area contributed by atoms with E-state index in [0.717, 1.165) is 11.1 Å². The molecule has 1 aliphatic rings. The van der Waals surface area contributed by atoms with Crippen LogP contribution in [0.2, 0.25) is 0 Å². The van der Waals surface area contributed by atoms with E-state index in [0.29, 0.717) is 35.2 Å². The first-order chi connectivity index (χ1) is 18.7. The number of nitrogens with one attached hydrogen (secondary N) is 1. The van der Waals surface area contributed by atoms with Crippen molar-refractivity contribution in [1.29, 1.82) is 0 Å². The minimum atomic E-state index is -0.687. The lowest BCUT2D eigenvalue weighted by Crippen LogP contribution is -2.37. The Kier molecular flexibility index (Phi) is 7.28. The molecule has 1 atom stereocenters. The normalized spacial score (nSPS) is 13.7. The molecule has 0 saturated heterocycles. The molecule has 1 aliphatic heterocycles. The maximum absolute atomic E-state index is 13.6. The molecular formula is C30H29FN4O4. The van der Waals surface area contributed by atoms with Gasteiger partial charge in [-0.2, -0.15) is 0 Å². The quantitative estimate of drug-likeness (QED) is 0.366. The summed E-state index contributed by atoms with van der Waals surface area (Å²) in [5.41, 5.74) is 2.94. The Morgan fingerprint density at radius 1 is 1.08 bits per heavy atom. The molecule has 0 bridgehead atoms. The molecule has 2 heterocycles. The number of carbonyl (C=O) groups excluding carboxylic acids is 2. The molecule has 3 aromatic carbocycles. The number of amides is 2. The van der Waals surface area contributed by atoms with E-state index in [1.165, 1.54) is 23.2 Å². The van der Waals surface area contributed by atoms with E-state index < -0.39 is 17.4 Å². The van der Waals surface area contributed by atoms with Gasteiger partial charge in [-0.25, -0.2) is 4.39 Å². The van der Waals surface area contributed by atoms with Crippen molar-refractivity contribution < 1.29 is 19.1 Å². The SMILES string of the molecule is CN(Cc1cc2c3c(c1)c(=O)c(C(=O)NCc1ccc(F)cc1)cn3CC(=O)N2C)C[C@@H](O)c1ccccc1. The summed E-state index contributed by atoms with van der Waals surface area (Å²) < 4.78 is 14.9. The molecule has 2 N–H and O–H groups in total. The van der Waals surface area contributed by atoms with Crippen molar-refractivity contribution in [3.8, 4) is 0 Å². The van der Waals surface area contributed by atoms with Gasteiger partial charge in [0, 0.05) is 38.3 Å². The van der Waals surface area contributed by atoms with Crippen LogP contribution in [-0.4, -0.2) is 47.0 Å². The van der Waals surface area contributed by atoms with E-state index in [2.05, 4.69) is 5.32 Å². The van der Waals surface area contributed by atoms with Crippen LogP contribution >= 0.6 is 0 Å². The molecule has 0 saturated carbocycles. The summed E-state index contributed by atoms with van der Waals surface area (Å²) >= 11 is 0. The third-order valence-electron chi connectivity index (χ3n) is 6.98. The molecule has 1 aromatic heterocycles. The van der Waals surface area contributed by atoms with Gasteiger partial charge in [0.2, 0.25) is 11.3 Å². The Bertz CT molecular complexity index is 1600. The first kappa shape index (κ1) is 26.3. The van der Waals surface area contributed by atoms with Crippen molar-refractivity contribution in [3.05, 3.63) is 111 Å². The lowest BCUT2D eigenvalue weighted by atomic mass is 10.0. The van der Waals surface area contributed by atoms with Crippen LogP contribution in [0.1, 0.15) is 33.2 Å². The van der Waals surface area contributed by atoms with Crippen molar-refractivity contribution in [3.63, 3.8) is 0 Å². The van der Waals surface area contributed by atoms with Crippen LogP contribution in [0.25, 0.3) is 10.9 Å². The van der Waals surface area contributed by atoms with E-state index in [-0.39, 0.29) is 30.4 Å². The standard InChI is InChI=1S/C30H29FN4O4/c1-33(17-26(36)21-6-4-3-5-7-21)15-20-12-23-28-25(13-20)34(2)27(37)18-35(28)16-24(29(23)38)30(39)32-14-19-8-10-22(31)11-9-19/h3-13,16,26,36H,14-15,17-18H2,1-2H3,(H,32,39)/t26-/m1/s1. The van der Waals surface area contributed by atoms with Crippen LogP contribution in [0.3, 0.4) is 0 Å². The van der Waals surface area contributed by atoms with E-state index in [4.69, 9.17) is 0 Å². The highest BCUT2D eigenvalue weighted by Gasteiger charge is 2.27. The molecule has 200 valence electrons. The number of carbonyl (C=O) groups is 2. The monoisotopic (exact) mass is 528 g/mol. The average Bonchev–Trinajstić information content (AvgIpc) is 2.93. The van der Waals surface area contributed by atoms with E-state index in [1.54, 1.807) is 29.8 Å². The first-order valence-electron chi connectivity index (χ1n) is 12.6. The number of rotatable bonds is 8. The summed E-state index contributed by atoms with van der Waals surface area (Å²) in [7, 11) is 3.54. The zero-order chi connectivity index (χ0) is 27.7. The van der Waals surface area contributed by atoms with Gasteiger partial charge in [0.05, 0.1) is 17.3 Å². The van der Waals surface area contributed by atoms with Crippen molar-refractivity contribution in [2.45, 2.75) is 25.7 Å². The van der Waals surface area contributed by atoms with Crippen LogP contribution in [0.4, 0.5) is 10.1 Å². The summed E-state index contributed by atoms with van der Waals surface area (Å²) in [5, 5.41) is 13.7. The second kappa shape index (κ2) is 10.8. The number of likely N-dealkylation sites (N-methyl/N-ethyl adjacent to an activating group) is 2. The number of aliphatic hydroxyl groups excluding tert-OH is 1. The Morgan fingerprint density at radius 2 is 1.79 bits per heavy atom. The fourth-order valence-corrected chi connectivity index (χ4v) is 4.93. The summed E-state index contributed by atoms with van der Waals surface area (Å²) in [6.07, 6.45) is 0.744.